The van der Waals surface area contributed by atoms with E-state index in [1.165, 1.54) is 14.0 Å². The fourth-order valence-electron chi connectivity index (χ4n) is 0.761. The van der Waals surface area contributed by atoms with Crippen LogP contribution in [0.4, 0.5) is 0 Å². The highest BCUT2D eigenvalue weighted by Crippen LogP contribution is 2.04. The van der Waals surface area contributed by atoms with Crippen LogP contribution < -0.4 is 5.73 Å². The first kappa shape index (κ1) is 11.9. The predicted octanol–water partition coefficient (Wildman–Crippen LogP) is -0.314. The molecule has 0 aromatic carbocycles. The summed E-state index contributed by atoms with van der Waals surface area (Å²) in [6.45, 7) is 3.49. The second-order valence-corrected chi connectivity index (χ2v) is 2.59. The number of carbonyl (C=O) groups is 2. The molecule has 13 heavy (non-hydrogen) atoms. The minimum absolute atomic E-state index is 0.275. The Hall–Kier alpha value is -1.10. The Kier molecular flexibility index (Phi) is 5.06. The summed E-state index contributed by atoms with van der Waals surface area (Å²) in [5.74, 6) is -1.77. The smallest absolute Gasteiger partial charge is 0.323 e. The third-order valence-electron chi connectivity index (χ3n) is 1.67. The quantitative estimate of drug-likeness (QED) is 0.613. The fourth-order valence-corrected chi connectivity index (χ4v) is 0.761. The zero-order valence-corrected chi connectivity index (χ0v) is 8.07. The number of esters is 2. The molecule has 0 aliphatic rings. The third-order valence-corrected chi connectivity index (χ3v) is 1.67. The van der Waals surface area contributed by atoms with E-state index in [1.54, 1.807) is 6.92 Å². The van der Waals surface area contributed by atoms with E-state index in [4.69, 9.17) is 10.5 Å². The topological polar surface area (TPSA) is 78.6 Å². The van der Waals surface area contributed by atoms with Gasteiger partial charge in [-0.15, -0.1) is 0 Å². The molecule has 5 heteroatoms. The molecule has 0 radical (unpaired) electrons. The van der Waals surface area contributed by atoms with Crippen LogP contribution in [0, 0.1) is 5.92 Å². The molecule has 0 aliphatic carbocycles. The van der Waals surface area contributed by atoms with Crippen molar-refractivity contribution < 1.29 is 19.1 Å². The molecule has 2 unspecified atom stereocenters. The van der Waals surface area contributed by atoms with E-state index in [1.807, 2.05) is 0 Å². The van der Waals surface area contributed by atoms with E-state index >= 15 is 0 Å². The molecule has 0 spiro atoms. The first-order valence-electron chi connectivity index (χ1n) is 4.04. The summed E-state index contributed by atoms with van der Waals surface area (Å²) in [7, 11) is 1.22. The second kappa shape index (κ2) is 5.53. The van der Waals surface area contributed by atoms with Crippen molar-refractivity contribution >= 4 is 11.9 Å². The minimum atomic E-state index is -0.955. The summed E-state index contributed by atoms with van der Waals surface area (Å²) in [4.78, 5) is 22.0. The Morgan fingerprint density at radius 3 is 2.31 bits per heavy atom. The first-order valence-corrected chi connectivity index (χ1v) is 4.04. The van der Waals surface area contributed by atoms with Gasteiger partial charge < -0.3 is 15.2 Å². The van der Waals surface area contributed by atoms with Gasteiger partial charge in [0.15, 0.2) is 0 Å². The molecule has 0 amide bonds. The highest BCUT2D eigenvalue weighted by molar-refractivity contribution is 5.84. The molecular weight excluding hydrogens is 174 g/mol. The Balaban J connectivity index is 4.16. The predicted molar refractivity (Wildman–Crippen MR) is 45.8 cm³/mol. The third kappa shape index (κ3) is 3.42. The van der Waals surface area contributed by atoms with Crippen LogP contribution in [0.25, 0.3) is 0 Å². The summed E-state index contributed by atoms with van der Waals surface area (Å²) in [6, 6.07) is -0.955. The highest BCUT2D eigenvalue weighted by Gasteiger charge is 2.28. The van der Waals surface area contributed by atoms with E-state index < -0.39 is 23.9 Å². The van der Waals surface area contributed by atoms with E-state index in [-0.39, 0.29) is 6.61 Å². The van der Waals surface area contributed by atoms with Crippen LogP contribution in [0.1, 0.15) is 13.8 Å². The van der Waals surface area contributed by atoms with Crippen molar-refractivity contribution in [3.8, 4) is 0 Å². The lowest BCUT2D eigenvalue weighted by Gasteiger charge is -2.15. The molecule has 5 nitrogen and oxygen atoms in total. The van der Waals surface area contributed by atoms with Crippen molar-refractivity contribution in [3.05, 3.63) is 0 Å². The summed E-state index contributed by atoms with van der Waals surface area (Å²) in [5, 5.41) is 0. The molecule has 0 aromatic rings. The van der Waals surface area contributed by atoms with Crippen LogP contribution in [-0.4, -0.2) is 31.7 Å². The van der Waals surface area contributed by atoms with Gasteiger partial charge in [0.2, 0.25) is 0 Å². The van der Waals surface area contributed by atoms with Crippen LogP contribution in [0.5, 0.6) is 0 Å². The first-order chi connectivity index (χ1) is 6.04. The summed E-state index contributed by atoms with van der Waals surface area (Å²) < 4.78 is 9.08. The van der Waals surface area contributed by atoms with Crippen LogP contribution >= 0.6 is 0 Å². The van der Waals surface area contributed by atoms with Gasteiger partial charge in [0, 0.05) is 0 Å². The maximum Gasteiger partial charge on any atom is 0.323 e. The minimum Gasteiger partial charge on any atom is -0.468 e. The number of rotatable bonds is 4. The molecule has 76 valence electrons. The maximum absolute atomic E-state index is 11.1. The van der Waals surface area contributed by atoms with Crippen molar-refractivity contribution in [3.63, 3.8) is 0 Å². The summed E-state index contributed by atoms with van der Waals surface area (Å²) in [5.41, 5.74) is 5.43. The lowest BCUT2D eigenvalue weighted by Crippen LogP contribution is -2.41. The Morgan fingerprint density at radius 2 is 1.92 bits per heavy atom. The number of methoxy groups -OCH3 is 1. The van der Waals surface area contributed by atoms with E-state index in [9.17, 15) is 9.59 Å². The average Bonchev–Trinajstić information content (AvgIpc) is 2.14. The lowest BCUT2D eigenvalue weighted by molar-refractivity contribution is -0.154. The number of ether oxygens (including phenoxy) is 2. The summed E-state index contributed by atoms with van der Waals surface area (Å²) >= 11 is 0. The van der Waals surface area contributed by atoms with Gasteiger partial charge in [0.25, 0.3) is 0 Å². The molecule has 2 atom stereocenters. The van der Waals surface area contributed by atoms with Crippen LogP contribution in [0.15, 0.2) is 0 Å². The van der Waals surface area contributed by atoms with Gasteiger partial charge in [-0.3, -0.25) is 9.59 Å². The molecule has 0 heterocycles. The molecule has 0 aromatic heterocycles. The Labute approximate surface area is 77.2 Å². The van der Waals surface area contributed by atoms with Crippen molar-refractivity contribution in [1.29, 1.82) is 0 Å². The number of carbonyl (C=O) groups excluding carboxylic acids is 2. The molecule has 0 fully saturated rings. The zero-order valence-electron chi connectivity index (χ0n) is 8.07. The van der Waals surface area contributed by atoms with Gasteiger partial charge in [0.1, 0.15) is 6.04 Å². The Morgan fingerprint density at radius 1 is 1.38 bits per heavy atom. The van der Waals surface area contributed by atoms with Crippen molar-refractivity contribution in [2.45, 2.75) is 19.9 Å². The molecule has 0 saturated heterocycles. The van der Waals surface area contributed by atoms with Gasteiger partial charge in [-0.2, -0.15) is 0 Å². The van der Waals surface area contributed by atoms with Gasteiger partial charge in [0.05, 0.1) is 19.6 Å². The standard InChI is InChI=1S/C8H15NO4/c1-4-13-7(10)5(2)6(9)8(11)12-3/h5-6H,4,9H2,1-3H3. The van der Waals surface area contributed by atoms with Gasteiger partial charge in [-0.05, 0) is 13.8 Å². The zero-order chi connectivity index (χ0) is 10.4. The molecule has 2 N–H and O–H groups in total. The largest absolute Gasteiger partial charge is 0.468 e. The second-order valence-electron chi connectivity index (χ2n) is 2.59. The molecule has 0 rings (SSSR count). The normalized spacial score (nSPS) is 14.5. The highest BCUT2D eigenvalue weighted by atomic mass is 16.5. The Bertz CT molecular complexity index is 193. The molecular formula is C8H15NO4. The number of hydrogen-bond acceptors (Lipinski definition) is 5. The van der Waals surface area contributed by atoms with E-state index in [0.717, 1.165) is 0 Å². The van der Waals surface area contributed by atoms with E-state index in [2.05, 4.69) is 4.74 Å². The summed E-state index contributed by atoms with van der Waals surface area (Å²) in [6.07, 6.45) is 0. The average molecular weight is 189 g/mol. The van der Waals surface area contributed by atoms with Gasteiger partial charge in [-0.25, -0.2) is 0 Å². The van der Waals surface area contributed by atoms with Crippen molar-refractivity contribution in [2.24, 2.45) is 11.7 Å². The maximum atomic E-state index is 11.1. The monoisotopic (exact) mass is 189 g/mol. The van der Waals surface area contributed by atoms with E-state index in [0.29, 0.717) is 0 Å². The molecule has 0 saturated carbocycles. The van der Waals surface area contributed by atoms with Gasteiger partial charge in [-0.1, -0.05) is 0 Å². The van der Waals surface area contributed by atoms with Crippen molar-refractivity contribution in [2.75, 3.05) is 13.7 Å². The van der Waals surface area contributed by atoms with Crippen LogP contribution in [-0.2, 0) is 19.1 Å². The molecule has 0 bridgehead atoms. The van der Waals surface area contributed by atoms with Gasteiger partial charge >= 0.3 is 11.9 Å². The van der Waals surface area contributed by atoms with Crippen molar-refractivity contribution in [1.82, 2.24) is 0 Å². The SMILES string of the molecule is CCOC(=O)C(C)C(N)C(=O)OC. The van der Waals surface area contributed by atoms with Crippen LogP contribution in [0.3, 0.4) is 0 Å². The lowest BCUT2D eigenvalue weighted by atomic mass is 10.0. The number of hydrogen-bond donors (Lipinski definition) is 1. The fraction of sp³-hybridized carbons (Fsp3) is 0.750. The molecule has 0 aliphatic heterocycles. The van der Waals surface area contributed by atoms with Crippen LogP contribution in [0.2, 0.25) is 0 Å². The number of nitrogens with two attached hydrogens (primary N) is 1.